The summed E-state index contributed by atoms with van der Waals surface area (Å²) in [5.41, 5.74) is 0.688. The van der Waals surface area contributed by atoms with Crippen LogP contribution in [0.25, 0.3) is 0 Å². The van der Waals surface area contributed by atoms with Gasteiger partial charge in [-0.3, -0.25) is 14.5 Å². The van der Waals surface area contributed by atoms with Crippen molar-refractivity contribution in [3.63, 3.8) is 0 Å². The number of nitrogens with zero attached hydrogens (tertiary/aromatic N) is 1. The average Bonchev–Trinajstić information content (AvgIpc) is 2.73. The summed E-state index contributed by atoms with van der Waals surface area (Å²) in [6.07, 6.45) is 0. The fourth-order valence-electron chi connectivity index (χ4n) is 3.39. The molecule has 1 aliphatic heterocycles. The SMILES string of the molecule is O=C1c2ccccc2C(=O)c2c(OCC#CCN3CCOCC3)ccc(O)c21. The minimum absolute atomic E-state index is 0.0116. The Bertz CT molecular complexity index is 996. The maximum Gasteiger partial charge on any atom is 0.198 e. The van der Waals surface area contributed by atoms with Crippen molar-refractivity contribution in [3.8, 4) is 23.3 Å². The van der Waals surface area contributed by atoms with E-state index in [1.165, 1.54) is 12.1 Å². The molecule has 1 N–H and O–H groups in total. The van der Waals surface area contributed by atoms with Crippen molar-refractivity contribution in [3.05, 3.63) is 58.7 Å². The summed E-state index contributed by atoms with van der Waals surface area (Å²) in [6, 6.07) is 9.45. The van der Waals surface area contributed by atoms with E-state index in [2.05, 4.69) is 16.7 Å². The molecule has 2 aromatic rings. The van der Waals surface area contributed by atoms with Gasteiger partial charge in [0.1, 0.15) is 18.1 Å². The second-order valence-electron chi connectivity index (χ2n) is 6.57. The van der Waals surface area contributed by atoms with Gasteiger partial charge in [-0.2, -0.15) is 0 Å². The molecule has 0 amide bonds. The molecule has 1 heterocycles. The number of ketones is 2. The monoisotopic (exact) mass is 377 g/mol. The van der Waals surface area contributed by atoms with E-state index in [-0.39, 0.29) is 46.4 Å². The van der Waals surface area contributed by atoms with Crippen LogP contribution in [0, 0.1) is 11.8 Å². The number of ether oxygens (including phenoxy) is 2. The molecule has 0 saturated carbocycles. The molecule has 0 aromatic heterocycles. The predicted octanol–water partition coefficient (Wildman–Crippen LogP) is 1.88. The Labute approximate surface area is 162 Å². The molecule has 28 heavy (non-hydrogen) atoms. The number of morpholine rings is 1. The van der Waals surface area contributed by atoms with Crippen molar-refractivity contribution in [1.29, 1.82) is 0 Å². The number of hydrogen-bond acceptors (Lipinski definition) is 6. The fraction of sp³-hybridized carbons (Fsp3) is 0.273. The van der Waals surface area contributed by atoms with Gasteiger partial charge >= 0.3 is 0 Å². The average molecular weight is 377 g/mol. The number of hydrogen-bond donors (Lipinski definition) is 1. The van der Waals surface area contributed by atoms with Crippen LogP contribution in [0.4, 0.5) is 0 Å². The van der Waals surface area contributed by atoms with E-state index in [9.17, 15) is 14.7 Å². The number of carbonyl (C=O) groups is 2. The number of phenolic OH excluding ortho intramolecular Hbond substituents is 1. The predicted molar refractivity (Wildman–Crippen MR) is 102 cm³/mol. The Morgan fingerprint density at radius 1 is 0.964 bits per heavy atom. The van der Waals surface area contributed by atoms with Crippen LogP contribution in [0.5, 0.6) is 11.5 Å². The smallest absolute Gasteiger partial charge is 0.198 e. The summed E-state index contributed by atoms with van der Waals surface area (Å²) in [6.45, 7) is 3.87. The van der Waals surface area contributed by atoms with Gasteiger partial charge < -0.3 is 14.6 Å². The summed E-state index contributed by atoms with van der Waals surface area (Å²) in [5, 5.41) is 10.2. The van der Waals surface area contributed by atoms with Crippen molar-refractivity contribution in [2.45, 2.75) is 0 Å². The summed E-state index contributed by atoms with van der Waals surface area (Å²) < 4.78 is 11.0. The van der Waals surface area contributed by atoms with Crippen LogP contribution in [0.3, 0.4) is 0 Å². The van der Waals surface area contributed by atoms with Gasteiger partial charge in [-0.25, -0.2) is 0 Å². The number of phenols is 1. The summed E-state index contributed by atoms with van der Waals surface area (Å²) in [7, 11) is 0. The highest BCUT2D eigenvalue weighted by Crippen LogP contribution is 2.37. The Hall–Kier alpha value is -3.14. The van der Waals surface area contributed by atoms with Crippen molar-refractivity contribution >= 4 is 11.6 Å². The lowest BCUT2D eigenvalue weighted by molar-refractivity contribution is 0.0443. The van der Waals surface area contributed by atoms with Crippen molar-refractivity contribution < 1.29 is 24.2 Å². The summed E-state index contributed by atoms with van der Waals surface area (Å²) >= 11 is 0. The zero-order valence-corrected chi connectivity index (χ0v) is 15.2. The molecule has 142 valence electrons. The van der Waals surface area contributed by atoms with E-state index in [1.54, 1.807) is 24.3 Å². The molecule has 0 radical (unpaired) electrons. The first-order valence-electron chi connectivity index (χ1n) is 9.10. The van der Waals surface area contributed by atoms with Crippen molar-refractivity contribution in [2.75, 3.05) is 39.5 Å². The van der Waals surface area contributed by atoms with Crippen molar-refractivity contribution in [1.82, 2.24) is 4.90 Å². The van der Waals surface area contributed by atoms with Crippen LogP contribution in [0.15, 0.2) is 36.4 Å². The molecular formula is C22H19NO5. The molecule has 6 nitrogen and oxygen atoms in total. The highest BCUT2D eigenvalue weighted by Gasteiger charge is 2.34. The molecule has 1 saturated heterocycles. The third kappa shape index (κ3) is 3.38. The van der Waals surface area contributed by atoms with Crippen LogP contribution in [0.2, 0.25) is 0 Å². The lowest BCUT2D eigenvalue weighted by Crippen LogP contribution is -2.36. The molecule has 1 fully saturated rings. The fourth-order valence-corrected chi connectivity index (χ4v) is 3.39. The lowest BCUT2D eigenvalue weighted by Gasteiger charge is -2.24. The number of aromatic hydroxyl groups is 1. The highest BCUT2D eigenvalue weighted by molar-refractivity contribution is 6.30. The first-order chi connectivity index (χ1) is 13.7. The summed E-state index contributed by atoms with van der Waals surface area (Å²) in [4.78, 5) is 27.9. The summed E-state index contributed by atoms with van der Waals surface area (Å²) in [5.74, 6) is 5.29. The van der Waals surface area contributed by atoms with E-state index in [4.69, 9.17) is 9.47 Å². The number of carbonyl (C=O) groups excluding carboxylic acids is 2. The molecule has 2 aromatic carbocycles. The van der Waals surface area contributed by atoms with Gasteiger partial charge in [0.2, 0.25) is 0 Å². The lowest BCUT2D eigenvalue weighted by atomic mass is 9.83. The normalized spacial score (nSPS) is 16.0. The van der Waals surface area contributed by atoms with Crippen LogP contribution in [-0.4, -0.2) is 61.0 Å². The minimum atomic E-state index is -0.383. The topological polar surface area (TPSA) is 76.1 Å². The Kier molecular flexibility index (Phi) is 5.11. The first-order valence-corrected chi connectivity index (χ1v) is 9.10. The molecule has 0 unspecified atom stereocenters. The van der Waals surface area contributed by atoms with Crippen LogP contribution in [-0.2, 0) is 4.74 Å². The standard InChI is InChI=1S/C22H19NO5/c24-17-7-8-18(28-12-4-3-9-23-10-13-27-14-11-23)20-19(17)21(25)15-5-1-2-6-16(15)22(20)26/h1-2,5-8,24H,9-14H2. The quantitative estimate of drug-likeness (QED) is 0.703. The van der Waals surface area contributed by atoms with E-state index in [0.717, 1.165) is 26.3 Å². The molecule has 0 spiro atoms. The van der Waals surface area contributed by atoms with Gasteiger partial charge in [-0.1, -0.05) is 36.1 Å². The van der Waals surface area contributed by atoms with Crippen LogP contribution < -0.4 is 4.74 Å². The zero-order valence-electron chi connectivity index (χ0n) is 15.2. The van der Waals surface area contributed by atoms with Gasteiger partial charge in [0, 0.05) is 24.2 Å². The molecule has 4 rings (SSSR count). The number of fused-ring (bicyclic) bond motifs is 2. The third-order valence-corrected chi connectivity index (χ3v) is 4.85. The maximum atomic E-state index is 12.9. The van der Waals surface area contributed by atoms with E-state index >= 15 is 0 Å². The van der Waals surface area contributed by atoms with Crippen LogP contribution >= 0.6 is 0 Å². The first kappa shape index (κ1) is 18.2. The van der Waals surface area contributed by atoms with Crippen LogP contribution in [0.1, 0.15) is 31.8 Å². The number of rotatable bonds is 3. The van der Waals surface area contributed by atoms with E-state index in [0.29, 0.717) is 12.1 Å². The molecular weight excluding hydrogens is 358 g/mol. The second kappa shape index (κ2) is 7.85. The van der Waals surface area contributed by atoms with Gasteiger partial charge in [0.15, 0.2) is 11.6 Å². The van der Waals surface area contributed by atoms with E-state index < -0.39 is 0 Å². The number of benzene rings is 2. The Morgan fingerprint density at radius 2 is 1.64 bits per heavy atom. The molecule has 0 atom stereocenters. The van der Waals surface area contributed by atoms with E-state index in [1.807, 2.05) is 0 Å². The highest BCUT2D eigenvalue weighted by atomic mass is 16.5. The minimum Gasteiger partial charge on any atom is -0.507 e. The molecule has 0 bridgehead atoms. The van der Waals surface area contributed by atoms with Gasteiger partial charge in [-0.15, -0.1) is 0 Å². The zero-order chi connectivity index (χ0) is 19.5. The van der Waals surface area contributed by atoms with Crippen molar-refractivity contribution in [2.24, 2.45) is 0 Å². The third-order valence-electron chi connectivity index (χ3n) is 4.85. The Balaban J connectivity index is 1.54. The maximum absolute atomic E-state index is 12.9. The largest absolute Gasteiger partial charge is 0.507 e. The van der Waals surface area contributed by atoms with Gasteiger partial charge in [-0.05, 0) is 12.1 Å². The molecule has 1 aliphatic carbocycles. The molecule has 2 aliphatic rings. The second-order valence-corrected chi connectivity index (χ2v) is 6.57. The molecule has 6 heteroatoms. The van der Waals surface area contributed by atoms with Gasteiger partial charge in [0.05, 0.1) is 30.9 Å². The van der Waals surface area contributed by atoms with Gasteiger partial charge in [0.25, 0.3) is 0 Å². The Morgan fingerprint density at radius 3 is 2.36 bits per heavy atom.